The van der Waals surface area contributed by atoms with Gasteiger partial charge in [-0.2, -0.15) is 0 Å². The van der Waals surface area contributed by atoms with E-state index >= 15 is 0 Å². The fourth-order valence-electron chi connectivity index (χ4n) is 1.26. The zero-order valence-electron chi connectivity index (χ0n) is 9.07. The van der Waals surface area contributed by atoms with Gasteiger partial charge in [0.2, 0.25) is 0 Å². The summed E-state index contributed by atoms with van der Waals surface area (Å²) in [6, 6.07) is 4.52. The van der Waals surface area contributed by atoms with Gasteiger partial charge in [-0.25, -0.2) is 4.39 Å². The van der Waals surface area contributed by atoms with Gasteiger partial charge in [0.15, 0.2) is 0 Å². The number of nitrogens with zero attached hydrogens (tertiary/aromatic N) is 1. The summed E-state index contributed by atoms with van der Waals surface area (Å²) < 4.78 is 13.2. The van der Waals surface area contributed by atoms with E-state index in [1.165, 1.54) is 18.3 Å². The summed E-state index contributed by atoms with van der Waals surface area (Å²) in [5.74, 6) is -0.338. The van der Waals surface area contributed by atoms with Gasteiger partial charge in [0, 0.05) is 31.7 Å². The number of nitrogens with two attached hydrogens (primary N) is 2. The lowest BCUT2D eigenvalue weighted by Gasteiger charge is -2.08. The molecule has 1 aromatic carbocycles. The maximum atomic E-state index is 13.2. The maximum absolute atomic E-state index is 13.2. The van der Waals surface area contributed by atoms with Gasteiger partial charge in [-0.3, -0.25) is 4.99 Å². The van der Waals surface area contributed by atoms with Gasteiger partial charge >= 0.3 is 0 Å². The Balaban J connectivity index is 2.92. The van der Waals surface area contributed by atoms with Crippen LogP contribution in [0.4, 0.5) is 10.1 Å². The van der Waals surface area contributed by atoms with Crippen LogP contribution in [0.1, 0.15) is 5.56 Å². The van der Waals surface area contributed by atoms with E-state index < -0.39 is 0 Å². The van der Waals surface area contributed by atoms with Crippen LogP contribution in [-0.2, 0) is 6.54 Å². The van der Waals surface area contributed by atoms with E-state index in [-0.39, 0.29) is 12.4 Å². The van der Waals surface area contributed by atoms with Crippen molar-refractivity contribution < 1.29 is 4.39 Å². The van der Waals surface area contributed by atoms with E-state index in [0.29, 0.717) is 16.9 Å². The average Bonchev–Trinajstić information content (AvgIpc) is 2.27. The van der Waals surface area contributed by atoms with Crippen LogP contribution in [0.25, 0.3) is 0 Å². The van der Waals surface area contributed by atoms with Crippen molar-refractivity contribution in [2.24, 2.45) is 16.5 Å². The van der Waals surface area contributed by atoms with Crippen molar-refractivity contribution in [2.75, 3.05) is 12.4 Å². The Morgan fingerprint density at radius 3 is 2.81 bits per heavy atom. The second-order valence-corrected chi connectivity index (χ2v) is 3.19. The van der Waals surface area contributed by atoms with E-state index in [1.54, 1.807) is 19.3 Å². The lowest BCUT2D eigenvalue weighted by molar-refractivity contribution is 0.626. The van der Waals surface area contributed by atoms with Crippen molar-refractivity contribution in [1.82, 2.24) is 0 Å². The molecule has 0 atom stereocenters. The number of nitrogens with one attached hydrogen (secondary N) is 1. The third-order valence-electron chi connectivity index (χ3n) is 1.93. The summed E-state index contributed by atoms with van der Waals surface area (Å²) in [6.07, 6.45) is 2.91. The molecule has 16 heavy (non-hydrogen) atoms. The topological polar surface area (TPSA) is 76.4 Å². The number of rotatable bonds is 4. The Bertz CT molecular complexity index is 412. The van der Waals surface area contributed by atoms with Crippen molar-refractivity contribution in [3.8, 4) is 0 Å². The molecule has 1 aromatic rings. The van der Waals surface area contributed by atoms with E-state index in [1.807, 2.05) is 0 Å². The van der Waals surface area contributed by atoms with Crippen molar-refractivity contribution in [3.05, 3.63) is 41.5 Å². The third kappa shape index (κ3) is 3.36. The Morgan fingerprint density at radius 2 is 2.25 bits per heavy atom. The lowest BCUT2D eigenvalue weighted by atomic mass is 10.2. The largest absolute Gasteiger partial charge is 0.403 e. The molecular weight excluding hydrogens is 207 g/mol. The van der Waals surface area contributed by atoms with Crippen LogP contribution in [0.3, 0.4) is 0 Å². The van der Waals surface area contributed by atoms with E-state index in [4.69, 9.17) is 11.5 Å². The first kappa shape index (κ1) is 12.2. The molecule has 0 saturated heterocycles. The number of anilines is 1. The Kier molecular flexibility index (Phi) is 4.47. The van der Waals surface area contributed by atoms with E-state index in [9.17, 15) is 4.39 Å². The summed E-state index contributed by atoms with van der Waals surface area (Å²) in [5.41, 5.74) is 12.7. The summed E-state index contributed by atoms with van der Waals surface area (Å²) in [7, 11) is 1.63. The molecular formula is C11H15FN4. The molecule has 0 radical (unpaired) electrons. The monoisotopic (exact) mass is 222 g/mol. The normalized spacial score (nSPS) is 12.1. The molecule has 0 aliphatic heterocycles. The van der Waals surface area contributed by atoms with E-state index in [0.717, 1.165) is 0 Å². The van der Waals surface area contributed by atoms with Crippen LogP contribution in [0, 0.1) is 5.82 Å². The van der Waals surface area contributed by atoms with E-state index in [2.05, 4.69) is 10.3 Å². The molecule has 86 valence electrons. The molecule has 0 fully saturated rings. The highest BCUT2D eigenvalue weighted by Crippen LogP contribution is 2.15. The second-order valence-electron chi connectivity index (χ2n) is 3.19. The highest BCUT2D eigenvalue weighted by atomic mass is 19.1. The summed E-state index contributed by atoms with van der Waals surface area (Å²) >= 11 is 0. The zero-order chi connectivity index (χ0) is 12.0. The van der Waals surface area contributed by atoms with Crippen molar-refractivity contribution >= 4 is 11.9 Å². The van der Waals surface area contributed by atoms with Crippen molar-refractivity contribution in [2.45, 2.75) is 6.54 Å². The third-order valence-corrected chi connectivity index (χ3v) is 1.93. The van der Waals surface area contributed by atoms with Gasteiger partial charge in [0.25, 0.3) is 0 Å². The molecule has 5 N–H and O–H groups in total. The van der Waals surface area contributed by atoms with Gasteiger partial charge < -0.3 is 16.8 Å². The molecule has 0 amide bonds. The minimum absolute atomic E-state index is 0.288. The fourth-order valence-corrected chi connectivity index (χ4v) is 1.26. The number of hydrogen-bond acceptors (Lipinski definition) is 4. The van der Waals surface area contributed by atoms with Crippen LogP contribution < -0.4 is 16.8 Å². The first-order chi connectivity index (χ1) is 7.69. The molecule has 5 heteroatoms. The smallest absolute Gasteiger partial charge is 0.125 e. The quantitative estimate of drug-likeness (QED) is 0.670. The average molecular weight is 222 g/mol. The van der Waals surface area contributed by atoms with Gasteiger partial charge in [0.05, 0.1) is 5.70 Å². The number of benzene rings is 1. The van der Waals surface area contributed by atoms with Gasteiger partial charge in [0.1, 0.15) is 5.82 Å². The SMILES string of the molecule is CN=CC(=CN)Nc1cc(F)cc(CN)c1. The second kappa shape index (κ2) is 5.87. The minimum atomic E-state index is -0.338. The van der Waals surface area contributed by atoms with Gasteiger partial charge in [-0.1, -0.05) is 0 Å². The predicted octanol–water partition coefficient (Wildman–Crippen LogP) is 1.20. The number of hydrogen-bond donors (Lipinski definition) is 3. The summed E-state index contributed by atoms with van der Waals surface area (Å²) in [6.45, 7) is 0.288. The van der Waals surface area contributed by atoms with Crippen LogP contribution >= 0.6 is 0 Å². The van der Waals surface area contributed by atoms with Crippen LogP contribution in [-0.4, -0.2) is 13.3 Å². The molecule has 0 aromatic heterocycles. The highest BCUT2D eigenvalue weighted by Gasteiger charge is 2.00. The summed E-state index contributed by atoms with van der Waals surface area (Å²) in [5, 5.41) is 2.94. The molecule has 0 saturated carbocycles. The predicted molar refractivity (Wildman–Crippen MR) is 64.6 cm³/mol. The molecule has 0 unspecified atom stereocenters. The first-order valence-electron chi connectivity index (χ1n) is 4.80. The van der Waals surface area contributed by atoms with Crippen LogP contribution in [0.15, 0.2) is 35.1 Å². The number of halogens is 1. The minimum Gasteiger partial charge on any atom is -0.403 e. The molecule has 0 aliphatic rings. The Labute approximate surface area is 93.9 Å². The molecule has 0 heterocycles. The molecule has 4 nitrogen and oxygen atoms in total. The molecule has 0 spiro atoms. The Hall–Kier alpha value is -1.88. The number of allylic oxidation sites excluding steroid dienone is 1. The first-order valence-corrected chi connectivity index (χ1v) is 4.80. The van der Waals surface area contributed by atoms with Gasteiger partial charge in [-0.05, 0) is 23.8 Å². The highest BCUT2D eigenvalue weighted by molar-refractivity contribution is 5.82. The fraction of sp³-hybridized carbons (Fsp3) is 0.182. The summed E-state index contributed by atoms with van der Waals surface area (Å²) in [4.78, 5) is 3.81. The van der Waals surface area contributed by atoms with Crippen LogP contribution in [0.2, 0.25) is 0 Å². The molecule has 0 aliphatic carbocycles. The maximum Gasteiger partial charge on any atom is 0.125 e. The molecule has 0 bridgehead atoms. The van der Waals surface area contributed by atoms with Crippen molar-refractivity contribution in [3.63, 3.8) is 0 Å². The zero-order valence-corrected chi connectivity index (χ0v) is 9.07. The lowest BCUT2D eigenvalue weighted by Crippen LogP contribution is -2.05. The van der Waals surface area contributed by atoms with Crippen LogP contribution in [0.5, 0.6) is 0 Å². The Morgan fingerprint density at radius 1 is 1.50 bits per heavy atom. The standard InChI is InChI=1S/C11H15FN4/c1-15-7-11(6-14)16-10-3-8(5-13)2-9(12)4-10/h2-4,6-7,16H,5,13-14H2,1H3. The number of aliphatic imine (C=N–C) groups is 1. The van der Waals surface area contributed by atoms with Gasteiger partial charge in [-0.15, -0.1) is 0 Å². The van der Waals surface area contributed by atoms with Crippen molar-refractivity contribution in [1.29, 1.82) is 0 Å². The molecule has 1 rings (SSSR count).